The van der Waals surface area contributed by atoms with E-state index in [-0.39, 0.29) is 17.2 Å². The fraction of sp³-hybridized carbons (Fsp3) is 0. The normalized spacial score (nSPS) is 15.9. The maximum atomic E-state index is 12.7. The molecule has 1 heterocycles. The van der Waals surface area contributed by atoms with Crippen LogP contribution in [-0.4, -0.2) is 26.4 Å². The van der Waals surface area contributed by atoms with Crippen LogP contribution in [0.25, 0.3) is 6.08 Å². The summed E-state index contributed by atoms with van der Waals surface area (Å²) >= 11 is 9.69. The standard InChI is InChI=1S/C17H10BrNO4S2/c18-12-7-9(1-6-13(12)20)8-14-15(21)19(17(24)25-14)11-4-2-10(3-5-11)16(22)23/h1-8,20H,(H,22,23)/b14-8+. The number of halogens is 1. The lowest BCUT2D eigenvalue weighted by Crippen LogP contribution is -2.27. The second-order valence-corrected chi connectivity index (χ2v) is 7.61. The maximum Gasteiger partial charge on any atom is 0.335 e. The first kappa shape index (κ1) is 17.7. The third-order valence-corrected chi connectivity index (χ3v) is 5.37. The number of thioether (sulfide) groups is 1. The summed E-state index contributed by atoms with van der Waals surface area (Å²) in [5, 5.41) is 18.5. The average Bonchev–Trinajstić information content (AvgIpc) is 2.85. The van der Waals surface area contributed by atoms with E-state index >= 15 is 0 Å². The van der Waals surface area contributed by atoms with E-state index in [0.717, 1.165) is 5.56 Å². The van der Waals surface area contributed by atoms with Gasteiger partial charge in [-0.2, -0.15) is 0 Å². The smallest absolute Gasteiger partial charge is 0.335 e. The Morgan fingerprint density at radius 3 is 2.48 bits per heavy atom. The lowest BCUT2D eigenvalue weighted by atomic mass is 10.2. The number of hydrogen-bond donors (Lipinski definition) is 2. The van der Waals surface area contributed by atoms with Crippen LogP contribution < -0.4 is 4.90 Å². The molecule has 0 saturated carbocycles. The maximum absolute atomic E-state index is 12.7. The van der Waals surface area contributed by atoms with Crippen LogP contribution in [0.4, 0.5) is 5.69 Å². The summed E-state index contributed by atoms with van der Waals surface area (Å²) in [5.74, 6) is -1.19. The molecule has 25 heavy (non-hydrogen) atoms. The van der Waals surface area contributed by atoms with Gasteiger partial charge in [-0.15, -0.1) is 0 Å². The molecule has 1 saturated heterocycles. The van der Waals surface area contributed by atoms with Crippen LogP contribution in [-0.2, 0) is 4.79 Å². The third-order valence-electron chi connectivity index (χ3n) is 3.44. The number of carbonyl (C=O) groups is 2. The van der Waals surface area contributed by atoms with E-state index in [2.05, 4.69) is 15.9 Å². The van der Waals surface area contributed by atoms with Gasteiger partial charge >= 0.3 is 5.97 Å². The largest absolute Gasteiger partial charge is 0.507 e. The van der Waals surface area contributed by atoms with E-state index in [9.17, 15) is 14.7 Å². The van der Waals surface area contributed by atoms with Crippen LogP contribution >= 0.6 is 39.9 Å². The molecule has 1 fully saturated rings. The van der Waals surface area contributed by atoms with E-state index in [1.807, 2.05) is 0 Å². The zero-order chi connectivity index (χ0) is 18.1. The molecule has 0 unspecified atom stereocenters. The van der Waals surface area contributed by atoms with Crippen molar-refractivity contribution >= 4 is 67.9 Å². The van der Waals surface area contributed by atoms with Crippen molar-refractivity contribution in [2.24, 2.45) is 0 Å². The average molecular weight is 436 g/mol. The van der Waals surface area contributed by atoms with Crippen LogP contribution in [0.3, 0.4) is 0 Å². The number of benzene rings is 2. The van der Waals surface area contributed by atoms with Crippen molar-refractivity contribution in [2.75, 3.05) is 4.90 Å². The van der Waals surface area contributed by atoms with Crippen molar-refractivity contribution in [3.8, 4) is 5.75 Å². The highest BCUT2D eigenvalue weighted by molar-refractivity contribution is 9.10. The van der Waals surface area contributed by atoms with E-state index in [1.54, 1.807) is 30.3 Å². The molecule has 8 heteroatoms. The van der Waals surface area contributed by atoms with Gasteiger partial charge in [0.1, 0.15) is 5.75 Å². The molecule has 0 aromatic heterocycles. The van der Waals surface area contributed by atoms with Gasteiger partial charge in [0, 0.05) is 0 Å². The molecule has 3 rings (SSSR count). The Morgan fingerprint density at radius 2 is 1.88 bits per heavy atom. The van der Waals surface area contributed by atoms with Crippen molar-refractivity contribution in [3.63, 3.8) is 0 Å². The summed E-state index contributed by atoms with van der Waals surface area (Å²) < 4.78 is 0.901. The molecule has 0 aliphatic carbocycles. The van der Waals surface area contributed by atoms with Crippen molar-refractivity contribution < 1.29 is 19.8 Å². The zero-order valence-corrected chi connectivity index (χ0v) is 15.7. The number of anilines is 1. The summed E-state index contributed by atoms with van der Waals surface area (Å²) in [6.45, 7) is 0. The van der Waals surface area contributed by atoms with Crippen LogP contribution in [0.2, 0.25) is 0 Å². The Hall–Kier alpha value is -2.16. The molecule has 5 nitrogen and oxygen atoms in total. The molecule has 2 aromatic rings. The quantitative estimate of drug-likeness (QED) is 0.553. The molecule has 0 spiro atoms. The number of aromatic carboxylic acids is 1. The van der Waals surface area contributed by atoms with Crippen LogP contribution in [0.1, 0.15) is 15.9 Å². The Bertz CT molecular complexity index is 925. The highest BCUT2D eigenvalue weighted by Crippen LogP contribution is 2.36. The van der Waals surface area contributed by atoms with Gasteiger partial charge in [-0.05, 0) is 64.0 Å². The summed E-state index contributed by atoms with van der Waals surface area (Å²) in [7, 11) is 0. The fourth-order valence-corrected chi connectivity index (χ4v) is 3.90. The van der Waals surface area contributed by atoms with E-state index in [4.69, 9.17) is 17.3 Å². The van der Waals surface area contributed by atoms with Crippen LogP contribution in [0, 0.1) is 0 Å². The molecule has 0 atom stereocenters. The molecular weight excluding hydrogens is 426 g/mol. The minimum Gasteiger partial charge on any atom is -0.507 e. The molecule has 126 valence electrons. The number of nitrogens with zero attached hydrogens (tertiary/aromatic N) is 1. The number of carboxylic acid groups (broad SMARTS) is 1. The molecule has 1 amide bonds. The van der Waals surface area contributed by atoms with E-state index in [0.29, 0.717) is 19.4 Å². The summed E-state index contributed by atoms with van der Waals surface area (Å²) in [4.78, 5) is 25.4. The SMILES string of the molecule is O=C(O)c1ccc(N2C(=O)/C(=C\c3ccc(O)c(Br)c3)SC2=S)cc1. The van der Waals surface area contributed by atoms with Crippen molar-refractivity contribution in [1.82, 2.24) is 0 Å². The molecule has 1 aliphatic heterocycles. The predicted octanol–water partition coefficient (Wildman–Crippen LogP) is 4.26. The molecule has 0 bridgehead atoms. The first-order valence-corrected chi connectivity index (χ1v) is 8.98. The number of thiocarbonyl (C=S) groups is 1. The molecule has 2 N–H and O–H groups in total. The molecule has 0 radical (unpaired) electrons. The zero-order valence-electron chi connectivity index (χ0n) is 12.5. The Morgan fingerprint density at radius 1 is 1.20 bits per heavy atom. The molecular formula is C17H10BrNO4S2. The highest BCUT2D eigenvalue weighted by atomic mass is 79.9. The molecule has 1 aliphatic rings. The van der Waals surface area contributed by atoms with Crippen LogP contribution in [0.15, 0.2) is 51.8 Å². The topological polar surface area (TPSA) is 77.8 Å². The predicted molar refractivity (Wildman–Crippen MR) is 105 cm³/mol. The van der Waals surface area contributed by atoms with Crippen molar-refractivity contribution in [3.05, 3.63) is 63.0 Å². The number of rotatable bonds is 3. The number of carbonyl (C=O) groups excluding carboxylic acids is 1. The number of amides is 1. The van der Waals surface area contributed by atoms with Gasteiger partial charge in [-0.25, -0.2) is 4.79 Å². The lowest BCUT2D eigenvalue weighted by Gasteiger charge is -2.14. The van der Waals surface area contributed by atoms with Gasteiger partial charge in [0.05, 0.1) is 20.6 Å². The number of carboxylic acids is 1. The number of phenols is 1. The summed E-state index contributed by atoms with van der Waals surface area (Å²) in [5.41, 5.74) is 1.40. The van der Waals surface area contributed by atoms with Crippen LogP contribution in [0.5, 0.6) is 5.75 Å². The van der Waals surface area contributed by atoms with Gasteiger partial charge in [0.2, 0.25) is 0 Å². The van der Waals surface area contributed by atoms with Gasteiger partial charge in [-0.3, -0.25) is 9.69 Å². The van der Waals surface area contributed by atoms with E-state index in [1.165, 1.54) is 34.9 Å². The molecule has 2 aromatic carbocycles. The fourth-order valence-electron chi connectivity index (χ4n) is 2.21. The second kappa shape index (κ2) is 6.99. The minimum atomic E-state index is -1.03. The van der Waals surface area contributed by atoms with Gasteiger partial charge in [-0.1, -0.05) is 30.0 Å². The van der Waals surface area contributed by atoms with Crippen molar-refractivity contribution in [2.45, 2.75) is 0 Å². The Labute approximate surface area is 161 Å². The van der Waals surface area contributed by atoms with Gasteiger partial charge in [0.15, 0.2) is 4.32 Å². The van der Waals surface area contributed by atoms with E-state index < -0.39 is 5.97 Å². The van der Waals surface area contributed by atoms with Gasteiger partial charge < -0.3 is 10.2 Å². The summed E-state index contributed by atoms with van der Waals surface area (Å²) in [6, 6.07) is 10.9. The monoisotopic (exact) mass is 435 g/mol. The number of aromatic hydroxyl groups is 1. The van der Waals surface area contributed by atoms with Gasteiger partial charge in [0.25, 0.3) is 5.91 Å². The van der Waals surface area contributed by atoms with Crippen molar-refractivity contribution in [1.29, 1.82) is 0 Å². The number of phenolic OH excluding ortho intramolecular Hbond substituents is 1. The number of hydrogen-bond acceptors (Lipinski definition) is 5. The third kappa shape index (κ3) is 3.60. The first-order chi connectivity index (χ1) is 11.9. The first-order valence-electron chi connectivity index (χ1n) is 6.96. The highest BCUT2D eigenvalue weighted by Gasteiger charge is 2.33. The Kier molecular flexibility index (Phi) is 4.94. The lowest BCUT2D eigenvalue weighted by molar-refractivity contribution is -0.113. The second-order valence-electron chi connectivity index (χ2n) is 5.08. The summed E-state index contributed by atoms with van der Waals surface area (Å²) in [6.07, 6.45) is 1.69. The Balaban J connectivity index is 1.90. The minimum absolute atomic E-state index is 0.114.